The van der Waals surface area contributed by atoms with E-state index in [0.29, 0.717) is 30.0 Å². The van der Waals surface area contributed by atoms with Crippen molar-refractivity contribution in [1.29, 1.82) is 0 Å². The van der Waals surface area contributed by atoms with E-state index in [0.717, 1.165) is 48.6 Å². The summed E-state index contributed by atoms with van der Waals surface area (Å²) in [5.74, 6) is 0.412. The highest BCUT2D eigenvalue weighted by atomic mass is 35.5. The van der Waals surface area contributed by atoms with Gasteiger partial charge in [0, 0.05) is 41.8 Å². The van der Waals surface area contributed by atoms with E-state index in [-0.39, 0.29) is 11.7 Å². The van der Waals surface area contributed by atoms with Crippen molar-refractivity contribution in [2.24, 2.45) is 0 Å². The fraction of sp³-hybridized carbons (Fsp3) is 0.429. The Labute approximate surface area is 158 Å². The van der Waals surface area contributed by atoms with Gasteiger partial charge in [-0.15, -0.1) is 0 Å². The maximum absolute atomic E-state index is 13.3. The number of hydrogen-bond donors (Lipinski definition) is 1. The number of nitrogens with one attached hydrogen (secondary N) is 1. The van der Waals surface area contributed by atoms with E-state index >= 15 is 0 Å². The number of benzene rings is 1. The molecule has 4 rings (SSSR count). The number of aryl methyl sites for hydroxylation is 2. The summed E-state index contributed by atoms with van der Waals surface area (Å²) in [6.45, 7) is 3.34. The molecule has 1 aliphatic carbocycles. The van der Waals surface area contributed by atoms with Crippen LogP contribution in [-0.4, -0.2) is 34.7 Å². The van der Waals surface area contributed by atoms with Crippen LogP contribution in [0.4, 0.5) is 0 Å². The third kappa shape index (κ3) is 3.07. The van der Waals surface area contributed by atoms with E-state index in [2.05, 4.69) is 4.98 Å². The Bertz CT molecular complexity index is 854. The van der Waals surface area contributed by atoms with Gasteiger partial charge in [0.1, 0.15) is 0 Å². The second-order valence-corrected chi connectivity index (χ2v) is 7.83. The first-order valence-electron chi connectivity index (χ1n) is 9.34. The first-order chi connectivity index (χ1) is 12.5. The van der Waals surface area contributed by atoms with Gasteiger partial charge in [0.25, 0.3) is 5.91 Å². The number of Topliss-reactive ketones (excluding diaryl/α,β-unsaturated/α-hetero) is 1. The quantitative estimate of drug-likeness (QED) is 0.845. The van der Waals surface area contributed by atoms with Crippen LogP contribution in [0.2, 0.25) is 5.02 Å². The highest BCUT2D eigenvalue weighted by molar-refractivity contribution is 6.30. The highest BCUT2D eigenvalue weighted by Gasteiger charge is 2.32. The SMILES string of the molecule is Cc1[nH]c2c(c1C(=O)N1CCCC(c3ccc(Cl)cc3)C1)C(=O)CCC2. The molecular weight excluding hydrogens is 348 g/mol. The van der Waals surface area contributed by atoms with Gasteiger partial charge in [0.15, 0.2) is 5.78 Å². The van der Waals surface area contributed by atoms with E-state index < -0.39 is 0 Å². The van der Waals surface area contributed by atoms with Crippen molar-refractivity contribution in [3.63, 3.8) is 0 Å². The number of likely N-dealkylation sites (tertiary alicyclic amines) is 1. The average Bonchev–Trinajstić information content (AvgIpc) is 2.99. The van der Waals surface area contributed by atoms with Gasteiger partial charge in [-0.25, -0.2) is 0 Å². The van der Waals surface area contributed by atoms with Crippen LogP contribution >= 0.6 is 11.6 Å². The van der Waals surface area contributed by atoms with E-state index in [1.807, 2.05) is 36.1 Å². The Balaban J connectivity index is 1.60. The van der Waals surface area contributed by atoms with Crippen molar-refractivity contribution in [1.82, 2.24) is 9.88 Å². The second kappa shape index (κ2) is 6.92. The number of rotatable bonds is 2. The fourth-order valence-electron chi connectivity index (χ4n) is 4.33. The summed E-state index contributed by atoms with van der Waals surface area (Å²) in [5, 5.41) is 0.727. The van der Waals surface area contributed by atoms with E-state index in [1.165, 1.54) is 5.56 Å². The Morgan fingerprint density at radius 2 is 1.96 bits per heavy atom. The van der Waals surface area contributed by atoms with Crippen LogP contribution in [-0.2, 0) is 6.42 Å². The van der Waals surface area contributed by atoms with Crippen molar-refractivity contribution in [2.75, 3.05) is 13.1 Å². The molecule has 1 aliphatic heterocycles. The summed E-state index contributed by atoms with van der Waals surface area (Å²) in [7, 11) is 0. The van der Waals surface area contributed by atoms with Crippen molar-refractivity contribution >= 4 is 23.3 Å². The Kier molecular flexibility index (Phi) is 4.62. The number of fused-ring (bicyclic) bond motifs is 1. The first-order valence-corrected chi connectivity index (χ1v) is 9.71. The van der Waals surface area contributed by atoms with E-state index in [9.17, 15) is 9.59 Å². The smallest absolute Gasteiger partial charge is 0.256 e. The van der Waals surface area contributed by atoms with Crippen molar-refractivity contribution in [3.05, 3.63) is 57.4 Å². The molecule has 1 aromatic heterocycles. The molecule has 0 bridgehead atoms. The summed E-state index contributed by atoms with van der Waals surface area (Å²) < 4.78 is 0. The first kappa shape index (κ1) is 17.3. The van der Waals surface area contributed by atoms with Crippen LogP contribution in [0.1, 0.15) is 69.3 Å². The normalized spacial score (nSPS) is 20.2. The van der Waals surface area contributed by atoms with Crippen molar-refractivity contribution in [2.45, 2.75) is 44.9 Å². The molecule has 1 unspecified atom stereocenters. The molecule has 5 heteroatoms. The summed E-state index contributed by atoms with van der Waals surface area (Å²) in [6.07, 6.45) is 4.29. The number of amides is 1. The predicted molar refractivity (Wildman–Crippen MR) is 102 cm³/mol. The summed E-state index contributed by atoms with van der Waals surface area (Å²) >= 11 is 6.00. The average molecular weight is 371 g/mol. The molecule has 4 nitrogen and oxygen atoms in total. The van der Waals surface area contributed by atoms with Gasteiger partial charge in [-0.05, 0) is 50.3 Å². The summed E-state index contributed by atoms with van der Waals surface area (Å²) in [5.41, 5.74) is 4.22. The molecule has 1 amide bonds. The molecule has 0 saturated carbocycles. The molecule has 26 heavy (non-hydrogen) atoms. The van der Waals surface area contributed by atoms with Gasteiger partial charge in [0.2, 0.25) is 0 Å². The lowest BCUT2D eigenvalue weighted by molar-refractivity contribution is 0.0701. The number of ketones is 1. The van der Waals surface area contributed by atoms with Gasteiger partial charge in [0.05, 0.1) is 11.1 Å². The monoisotopic (exact) mass is 370 g/mol. The molecule has 2 aromatic rings. The molecule has 1 saturated heterocycles. The molecule has 1 N–H and O–H groups in total. The molecule has 1 atom stereocenters. The lowest BCUT2D eigenvalue weighted by atomic mass is 9.89. The minimum Gasteiger partial charge on any atom is -0.361 e. The Morgan fingerprint density at radius 3 is 2.73 bits per heavy atom. The molecule has 0 spiro atoms. The number of nitrogens with zero attached hydrogens (tertiary/aromatic N) is 1. The second-order valence-electron chi connectivity index (χ2n) is 7.40. The molecular formula is C21H23ClN2O2. The number of aromatic amines is 1. The number of carbonyl (C=O) groups is 2. The predicted octanol–water partition coefficient (Wildman–Crippen LogP) is 4.52. The number of piperidine rings is 1. The topological polar surface area (TPSA) is 53.2 Å². The van der Waals surface area contributed by atoms with Gasteiger partial charge < -0.3 is 9.88 Å². The largest absolute Gasteiger partial charge is 0.361 e. The van der Waals surface area contributed by atoms with Gasteiger partial charge in [-0.2, -0.15) is 0 Å². The van der Waals surface area contributed by atoms with Crippen LogP contribution in [0.25, 0.3) is 0 Å². The Hall–Kier alpha value is -2.07. The zero-order valence-electron chi connectivity index (χ0n) is 15.0. The molecule has 1 aromatic carbocycles. The van der Waals surface area contributed by atoms with Crippen LogP contribution in [0.15, 0.2) is 24.3 Å². The maximum Gasteiger partial charge on any atom is 0.256 e. The maximum atomic E-state index is 13.3. The molecule has 2 heterocycles. The fourth-order valence-corrected chi connectivity index (χ4v) is 4.46. The minimum absolute atomic E-state index is 0.00564. The number of hydrogen-bond acceptors (Lipinski definition) is 2. The standard InChI is InChI=1S/C21H23ClN2O2/c1-13-19(20-17(23-13)5-2-6-18(20)25)21(26)24-11-3-4-15(12-24)14-7-9-16(22)10-8-14/h7-10,15,23H,2-6,11-12H2,1H3. The van der Waals surface area contributed by atoms with E-state index in [1.54, 1.807) is 0 Å². The molecule has 1 fully saturated rings. The lowest BCUT2D eigenvalue weighted by Gasteiger charge is -2.33. The number of aromatic nitrogens is 1. The molecule has 2 aliphatic rings. The third-order valence-corrected chi connectivity index (χ3v) is 5.89. The van der Waals surface area contributed by atoms with Crippen LogP contribution in [0.5, 0.6) is 0 Å². The number of H-pyrrole nitrogens is 1. The van der Waals surface area contributed by atoms with Gasteiger partial charge in [-0.3, -0.25) is 9.59 Å². The van der Waals surface area contributed by atoms with Crippen molar-refractivity contribution in [3.8, 4) is 0 Å². The Morgan fingerprint density at radius 1 is 1.19 bits per heavy atom. The van der Waals surface area contributed by atoms with E-state index in [4.69, 9.17) is 11.6 Å². The summed E-state index contributed by atoms with van der Waals surface area (Å²) in [6, 6.07) is 7.91. The zero-order valence-corrected chi connectivity index (χ0v) is 15.7. The third-order valence-electron chi connectivity index (χ3n) is 5.64. The lowest BCUT2D eigenvalue weighted by Crippen LogP contribution is -2.39. The van der Waals surface area contributed by atoms with Crippen LogP contribution in [0, 0.1) is 6.92 Å². The van der Waals surface area contributed by atoms with Crippen molar-refractivity contribution < 1.29 is 9.59 Å². The van der Waals surface area contributed by atoms with Crippen LogP contribution < -0.4 is 0 Å². The highest BCUT2D eigenvalue weighted by Crippen LogP contribution is 2.32. The number of halogens is 1. The summed E-state index contributed by atoms with van der Waals surface area (Å²) in [4.78, 5) is 30.9. The zero-order chi connectivity index (χ0) is 18.3. The molecule has 0 radical (unpaired) electrons. The minimum atomic E-state index is -0.00564. The van der Waals surface area contributed by atoms with Gasteiger partial charge >= 0.3 is 0 Å². The number of carbonyl (C=O) groups excluding carboxylic acids is 2. The van der Waals surface area contributed by atoms with Crippen LogP contribution in [0.3, 0.4) is 0 Å². The van der Waals surface area contributed by atoms with Gasteiger partial charge in [-0.1, -0.05) is 23.7 Å². The molecule has 136 valence electrons.